The van der Waals surface area contributed by atoms with Crippen molar-refractivity contribution in [1.82, 2.24) is 5.32 Å². The average Bonchev–Trinajstić information content (AvgIpc) is 2.98. The number of thiophene rings is 2. The standard InChI is InChI=1S/C13H16N2O2S2/c1-9(2)13(11-4-3-5-18-11)14-7-10-6-12(15(16)17)19-8-10/h3-6,8-9,13-14H,7H2,1-2H3. The molecule has 0 aliphatic rings. The van der Waals surface area contributed by atoms with Crippen LogP contribution in [0, 0.1) is 16.0 Å². The molecule has 0 bridgehead atoms. The summed E-state index contributed by atoms with van der Waals surface area (Å²) in [6.07, 6.45) is 0. The maximum atomic E-state index is 10.6. The molecule has 0 aliphatic heterocycles. The van der Waals surface area contributed by atoms with Gasteiger partial charge in [-0.1, -0.05) is 31.3 Å². The van der Waals surface area contributed by atoms with Gasteiger partial charge in [0.25, 0.3) is 0 Å². The minimum absolute atomic E-state index is 0.203. The number of nitro groups is 1. The molecule has 102 valence electrons. The fourth-order valence-electron chi connectivity index (χ4n) is 1.91. The van der Waals surface area contributed by atoms with Gasteiger partial charge in [0.1, 0.15) is 0 Å². The molecule has 2 heterocycles. The first-order valence-electron chi connectivity index (χ1n) is 6.06. The van der Waals surface area contributed by atoms with Crippen molar-refractivity contribution in [3.63, 3.8) is 0 Å². The predicted octanol–water partition coefficient (Wildman–Crippen LogP) is 4.20. The number of nitrogens with one attached hydrogen (secondary N) is 1. The summed E-state index contributed by atoms with van der Waals surface area (Å²) in [6.45, 7) is 5.01. The van der Waals surface area contributed by atoms with Crippen molar-refractivity contribution < 1.29 is 4.92 Å². The summed E-state index contributed by atoms with van der Waals surface area (Å²) < 4.78 is 0. The van der Waals surface area contributed by atoms with Crippen molar-refractivity contribution in [3.05, 3.63) is 49.5 Å². The van der Waals surface area contributed by atoms with Gasteiger partial charge in [-0.2, -0.15) is 0 Å². The van der Waals surface area contributed by atoms with Crippen molar-refractivity contribution in [2.45, 2.75) is 26.4 Å². The summed E-state index contributed by atoms with van der Waals surface area (Å²) in [7, 11) is 0. The zero-order valence-corrected chi connectivity index (χ0v) is 12.5. The number of hydrogen-bond acceptors (Lipinski definition) is 5. The molecule has 0 radical (unpaired) electrons. The lowest BCUT2D eigenvalue weighted by Crippen LogP contribution is -2.24. The minimum atomic E-state index is -0.340. The Kier molecular flexibility index (Phi) is 4.68. The molecule has 0 saturated carbocycles. The Morgan fingerprint density at radius 3 is 2.74 bits per heavy atom. The van der Waals surface area contributed by atoms with Gasteiger partial charge in [-0.15, -0.1) is 11.3 Å². The van der Waals surface area contributed by atoms with Crippen LogP contribution in [0.15, 0.2) is 29.0 Å². The SMILES string of the molecule is CC(C)C(NCc1csc([N+](=O)[O-])c1)c1cccs1. The Bertz CT molecular complexity index is 535. The molecule has 0 spiro atoms. The highest BCUT2D eigenvalue weighted by Crippen LogP contribution is 2.27. The molecule has 1 N–H and O–H groups in total. The number of hydrogen-bond donors (Lipinski definition) is 1. The summed E-state index contributed by atoms with van der Waals surface area (Å²) in [6, 6.07) is 6.10. The maximum Gasteiger partial charge on any atom is 0.324 e. The van der Waals surface area contributed by atoms with Crippen molar-refractivity contribution >= 4 is 27.7 Å². The molecule has 0 aliphatic carbocycles. The Labute approximate surface area is 120 Å². The van der Waals surface area contributed by atoms with E-state index in [9.17, 15) is 10.1 Å². The van der Waals surface area contributed by atoms with Crippen molar-refractivity contribution in [2.24, 2.45) is 5.92 Å². The lowest BCUT2D eigenvalue weighted by Gasteiger charge is -2.20. The first kappa shape index (κ1) is 14.2. The van der Waals surface area contributed by atoms with Crippen LogP contribution in [0.5, 0.6) is 0 Å². The Morgan fingerprint density at radius 2 is 2.21 bits per heavy atom. The maximum absolute atomic E-state index is 10.6. The Hall–Kier alpha value is -1.24. The second kappa shape index (κ2) is 6.27. The fraction of sp³-hybridized carbons (Fsp3) is 0.385. The van der Waals surface area contributed by atoms with Gasteiger partial charge >= 0.3 is 5.00 Å². The van der Waals surface area contributed by atoms with Crippen LogP contribution in [0.2, 0.25) is 0 Å². The number of rotatable bonds is 6. The van der Waals surface area contributed by atoms with Crippen LogP contribution in [-0.2, 0) is 6.54 Å². The zero-order chi connectivity index (χ0) is 13.8. The fourth-order valence-corrected chi connectivity index (χ4v) is 3.61. The van der Waals surface area contributed by atoms with E-state index in [-0.39, 0.29) is 9.92 Å². The quantitative estimate of drug-likeness (QED) is 0.642. The Balaban J connectivity index is 2.01. The van der Waals surface area contributed by atoms with Crippen LogP contribution in [0.1, 0.15) is 30.3 Å². The molecule has 0 aromatic carbocycles. The highest BCUT2D eigenvalue weighted by atomic mass is 32.1. The molecule has 2 rings (SSSR count). The van der Waals surface area contributed by atoms with Gasteiger partial charge in [0.15, 0.2) is 0 Å². The first-order chi connectivity index (χ1) is 9.08. The molecule has 4 nitrogen and oxygen atoms in total. The lowest BCUT2D eigenvalue weighted by atomic mass is 10.0. The van der Waals surface area contributed by atoms with Gasteiger partial charge in [-0.3, -0.25) is 10.1 Å². The Morgan fingerprint density at radius 1 is 1.42 bits per heavy atom. The van der Waals surface area contributed by atoms with Gasteiger partial charge in [-0.05, 0) is 22.9 Å². The van der Waals surface area contributed by atoms with Crippen LogP contribution in [0.4, 0.5) is 5.00 Å². The second-order valence-corrected chi connectivity index (χ2v) is 6.54. The number of nitrogens with zero attached hydrogens (tertiary/aromatic N) is 1. The largest absolute Gasteiger partial charge is 0.324 e. The molecule has 2 aromatic rings. The highest BCUT2D eigenvalue weighted by molar-refractivity contribution is 7.13. The summed E-state index contributed by atoms with van der Waals surface area (Å²) in [4.78, 5) is 11.6. The van der Waals surface area contributed by atoms with Crippen LogP contribution < -0.4 is 5.32 Å². The molecule has 19 heavy (non-hydrogen) atoms. The van der Waals surface area contributed by atoms with Crippen LogP contribution in [-0.4, -0.2) is 4.92 Å². The molecule has 0 fully saturated rings. The third-order valence-electron chi connectivity index (χ3n) is 2.86. The van der Waals surface area contributed by atoms with Crippen molar-refractivity contribution in [1.29, 1.82) is 0 Å². The summed E-state index contributed by atoms with van der Waals surface area (Å²) in [5, 5.41) is 18.2. The molecule has 0 amide bonds. The second-order valence-electron chi connectivity index (χ2n) is 4.67. The van der Waals surface area contributed by atoms with Gasteiger partial charge in [0.2, 0.25) is 0 Å². The van der Waals surface area contributed by atoms with E-state index in [4.69, 9.17) is 0 Å². The van der Waals surface area contributed by atoms with Crippen molar-refractivity contribution in [3.8, 4) is 0 Å². The van der Waals surface area contributed by atoms with Crippen molar-refractivity contribution in [2.75, 3.05) is 0 Å². The van der Waals surface area contributed by atoms with E-state index < -0.39 is 0 Å². The van der Waals surface area contributed by atoms with Gasteiger partial charge in [0.05, 0.1) is 4.92 Å². The molecule has 1 atom stereocenters. The molecule has 6 heteroatoms. The topological polar surface area (TPSA) is 55.2 Å². The first-order valence-corrected chi connectivity index (χ1v) is 7.82. The third kappa shape index (κ3) is 3.62. The van der Waals surface area contributed by atoms with Crippen LogP contribution >= 0.6 is 22.7 Å². The molecular weight excluding hydrogens is 280 g/mol. The molecule has 0 saturated heterocycles. The normalized spacial score (nSPS) is 12.8. The predicted molar refractivity (Wildman–Crippen MR) is 79.7 cm³/mol. The minimum Gasteiger partial charge on any atom is -0.305 e. The summed E-state index contributed by atoms with van der Waals surface area (Å²) in [5.41, 5.74) is 0.971. The van der Waals surface area contributed by atoms with Gasteiger partial charge in [0, 0.05) is 28.9 Å². The highest BCUT2D eigenvalue weighted by Gasteiger charge is 2.17. The van der Waals surface area contributed by atoms with E-state index in [1.54, 1.807) is 17.4 Å². The van der Waals surface area contributed by atoms with Gasteiger partial charge in [-0.25, -0.2) is 0 Å². The van der Waals surface area contributed by atoms with Gasteiger partial charge < -0.3 is 5.32 Å². The monoisotopic (exact) mass is 296 g/mol. The van der Waals surface area contributed by atoms with Crippen LogP contribution in [0.25, 0.3) is 0 Å². The lowest BCUT2D eigenvalue weighted by molar-refractivity contribution is -0.380. The van der Waals surface area contributed by atoms with E-state index >= 15 is 0 Å². The van der Waals surface area contributed by atoms with E-state index in [1.807, 2.05) is 11.4 Å². The van der Waals surface area contributed by atoms with E-state index in [0.29, 0.717) is 18.5 Å². The molecule has 1 unspecified atom stereocenters. The summed E-state index contributed by atoms with van der Waals surface area (Å²) in [5.74, 6) is 0.479. The zero-order valence-electron chi connectivity index (χ0n) is 10.8. The van der Waals surface area contributed by atoms with Crippen LogP contribution in [0.3, 0.4) is 0 Å². The van der Waals surface area contributed by atoms with E-state index in [1.165, 1.54) is 16.2 Å². The summed E-state index contributed by atoms with van der Waals surface area (Å²) >= 11 is 2.92. The molecular formula is C13H16N2O2S2. The van der Waals surface area contributed by atoms with E-state index in [2.05, 4.69) is 30.6 Å². The van der Waals surface area contributed by atoms with E-state index in [0.717, 1.165) is 5.56 Å². The smallest absolute Gasteiger partial charge is 0.305 e. The average molecular weight is 296 g/mol. The molecule has 2 aromatic heterocycles. The third-order valence-corrected chi connectivity index (χ3v) is 4.75.